The quantitative estimate of drug-likeness (QED) is 0.724. The third-order valence-corrected chi connectivity index (χ3v) is 5.11. The highest BCUT2D eigenvalue weighted by atomic mass is 32.2. The zero-order valence-corrected chi connectivity index (χ0v) is 13.2. The van der Waals surface area contributed by atoms with Crippen molar-refractivity contribution in [3.8, 4) is 11.3 Å². The molecule has 0 saturated heterocycles. The normalized spacial score (nSPS) is 10.5. The van der Waals surface area contributed by atoms with Crippen molar-refractivity contribution in [1.29, 1.82) is 0 Å². The molecule has 0 bridgehead atoms. The van der Waals surface area contributed by atoms with Crippen molar-refractivity contribution in [3.63, 3.8) is 0 Å². The molecule has 0 aliphatic rings. The molecule has 1 aromatic carbocycles. The number of hydrogen-bond donors (Lipinski definition) is 1. The first-order valence-electron chi connectivity index (χ1n) is 6.01. The Kier molecular flexibility index (Phi) is 4.59. The third kappa shape index (κ3) is 3.87. The maximum Gasteiger partial charge on any atom is 0.236 e. The number of thiazole rings is 1. The van der Waals surface area contributed by atoms with E-state index in [-0.39, 0.29) is 5.91 Å². The first-order chi connectivity index (χ1) is 10.3. The van der Waals surface area contributed by atoms with Gasteiger partial charge in [-0.3, -0.25) is 10.1 Å². The molecule has 1 N–H and O–H groups in total. The Hall–Kier alpha value is -1.77. The van der Waals surface area contributed by atoms with Gasteiger partial charge in [0, 0.05) is 10.9 Å². The minimum atomic E-state index is -0.104. The fraction of sp³-hybridized carbons (Fsp3) is 0.0769. The minimum absolute atomic E-state index is 0.104. The van der Waals surface area contributed by atoms with E-state index < -0.39 is 0 Å². The molecule has 106 valence electrons. The molecule has 2 heterocycles. The highest BCUT2D eigenvalue weighted by Gasteiger charge is 2.09. The summed E-state index contributed by atoms with van der Waals surface area (Å²) in [5, 5.41) is 12.6. The van der Waals surface area contributed by atoms with E-state index in [2.05, 4.69) is 20.5 Å². The molecular formula is C13H10N4OS3. The largest absolute Gasteiger partial charge is 0.300 e. The maximum atomic E-state index is 11.7. The monoisotopic (exact) mass is 334 g/mol. The van der Waals surface area contributed by atoms with Crippen molar-refractivity contribution in [2.24, 2.45) is 0 Å². The Morgan fingerprint density at radius 2 is 2.10 bits per heavy atom. The molecule has 0 saturated carbocycles. The lowest BCUT2D eigenvalue weighted by Crippen LogP contribution is -2.13. The number of aromatic nitrogens is 3. The van der Waals surface area contributed by atoms with E-state index in [0.29, 0.717) is 10.9 Å². The van der Waals surface area contributed by atoms with Crippen LogP contribution in [0.25, 0.3) is 11.3 Å². The van der Waals surface area contributed by atoms with Gasteiger partial charge in [-0.2, -0.15) is 0 Å². The Bertz CT molecular complexity index is 712. The smallest absolute Gasteiger partial charge is 0.236 e. The van der Waals surface area contributed by atoms with Crippen molar-refractivity contribution in [2.45, 2.75) is 4.34 Å². The van der Waals surface area contributed by atoms with Crippen LogP contribution < -0.4 is 5.32 Å². The summed E-state index contributed by atoms with van der Waals surface area (Å²) in [5.74, 6) is 0.203. The van der Waals surface area contributed by atoms with Gasteiger partial charge >= 0.3 is 0 Å². The second-order valence-electron chi connectivity index (χ2n) is 3.95. The van der Waals surface area contributed by atoms with Crippen LogP contribution in [0.2, 0.25) is 0 Å². The van der Waals surface area contributed by atoms with Gasteiger partial charge in [-0.15, -0.1) is 21.5 Å². The van der Waals surface area contributed by atoms with E-state index in [0.717, 1.165) is 15.6 Å². The van der Waals surface area contributed by atoms with Crippen LogP contribution in [0.15, 0.2) is 45.6 Å². The van der Waals surface area contributed by atoms with E-state index in [9.17, 15) is 4.79 Å². The number of benzene rings is 1. The van der Waals surface area contributed by atoms with E-state index >= 15 is 0 Å². The first-order valence-corrected chi connectivity index (χ1v) is 8.75. The number of thioether (sulfide) groups is 1. The van der Waals surface area contributed by atoms with E-state index in [4.69, 9.17) is 0 Å². The number of nitrogens with zero attached hydrogens (tertiary/aromatic N) is 3. The molecule has 0 spiro atoms. The number of hydrogen-bond acceptors (Lipinski definition) is 7. The maximum absolute atomic E-state index is 11.7. The predicted octanol–water partition coefficient (Wildman–Crippen LogP) is 3.39. The second kappa shape index (κ2) is 6.79. The molecule has 21 heavy (non-hydrogen) atoms. The molecule has 3 aromatic rings. The van der Waals surface area contributed by atoms with Gasteiger partial charge in [-0.1, -0.05) is 53.4 Å². The number of carbonyl (C=O) groups is 1. The van der Waals surface area contributed by atoms with E-state index in [1.54, 1.807) is 16.8 Å². The average Bonchev–Trinajstić information content (AvgIpc) is 3.17. The topological polar surface area (TPSA) is 67.8 Å². The summed E-state index contributed by atoms with van der Waals surface area (Å²) >= 11 is 4.26. The van der Waals surface area contributed by atoms with Gasteiger partial charge < -0.3 is 0 Å². The van der Waals surface area contributed by atoms with Crippen LogP contribution in [0, 0.1) is 0 Å². The molecule has 0 unspecified atom stereocenters. The van der Waals surface area contributed by atoms with Gasteiger partial charge in [0.15, 0.2) is 4.34 Å². The zero-order chi connectivity index (χ0) is 14.5. The third-order valence-electron chi connectivity index (χ3n) is 2.49. The number of amides is 1. The molecule has 8 heteroatoms. The van der Waals surface area contributed by atoms with Gasteiger partial charge in [-0.05, 0) is 0 Å². The van der Waals surface area contributed by atoms with Gasteiger partial charge in [0.25, 0.3) is 0 Å². The highest BCUT2D eigenvalue weighted by molar-refractivity contribution is 8.01. The standard InChI is InChI=1S/C13H10N4OS3/c18-11(16-12-17-14-8-21-12)7-20-13-15-10(6-19-13)9-4-2-1-3-5-9/h1-6,8H,7H2,(H,16,17,18). The van der Waals surface area contributed by atoms with Crippen LogP contribution in [-0.2, 0) is 4.79 Å². The Balaban J connectivity index is 1.56. The Morgan fingerprint density at radius 1 is 1.24 bits per heavy atom. The van der Waals surface area contributed by atoms with E-state index in [1.807, 2.05) is 35.7 Å². The van der Waals surface area contributed by atoms with Crippen LogP contribution in [0.4, 0.5) is 5.13 Å². The molecule has 2 aromatic heterocycles. The highest BCUT2D eigenvalue weighted by Crippen LogP contribution is 2.28. The van der Waals surface area contributed by atoms with Gasteiger partial charge in [0.1, 0.15) is 5.51 Å². The predicted molar refractivity (Wildman–Crippen MR) is 86.8 cm³/mol. The Morgan fingerprint density at radius 3 is 2.86 bits per heavy atom. The van der Waals surface area contributed by atoms with Crippen molar-refractivity contribution in [1.82, 2.24) is 15.2 Å². The minimum Gasteiger partial charge on any atom is -0.300 e. The number of anilines is 1. The van der Waals surface area contributed by atoms with Crippen molar-refractivity contribution < 1.29 is 4.79 Å². The average molecular weight is 334 g/mol. The second-order valence-corrected chi connectivity index (χ2v) is 6.86. The Labute approximate surface area is 133 Å². The summed E-state index contributed by atoms with van der Waals surface area (Å²) in [4.78, 5) is 16.3. The van der Waals surface area contributed by atoms with Crippen molar-refractivity contribution in [3.05, 3.63) is 41.2 Å². The summed E-state index contributed by atoms with van der Waals surface area (Å²) in [5.41, 5.74) is 3.60. The molecule has 3 rings (SSSR count). The van der Waals surface area contributed by atoms with Gasteiger partial charge in [-0.25, -0.2) is 4.98 Å². The lowest BCUT2D eigenvalue weighted by molar-refractivity contribution is -0.113. The molecular weight excluding hydrogens is 324 g/mol. The SMILES string of the molecule is O=C(CSc1nc(-c2ccccc2)cs1)Nc1nncs1. The van der Waals surface area contributed by atoms with Gasteiger partial charge in [0.2, 0.25) is 11.0 Å². The van der Waals surface area contributed by atoms with Crippen molar-refractivity contribution >= 4 is 45.5 Å². The molecule has 1 amide bonds. The van der Waals surface area contributed by atoms with Crippen LogP contribution in [0.1, 0.15) is 0 Å². The van der Waals surface area contributed by atoms with Crippen LogP contribution in [0.3, 0.4) is 0 Å². The summed E-state index contributed by atoms with van der Waals surface area (Å²) < 4.78 is 0.876. The fourth-order valence-electron chi connectivity index (χ4n) is 1.58. The molecule has 5 nitrogen and oxygen atoms in total. The zero-order valence-electron chi connectivity index (χ0n) is 10.7. The first kappa shape index (κ1) is 14.2. The summed E-state index contributed by atoms with van der Waals surface area (Å²) in [7, 11) is 0. The van der Waals surface area contributed by atoms with Crippen LogP contribution >= 0.6 is 34.4 Å². The summed E-state index contributed by atoms with van der Waals surface area (Å²) in [6.07, 6.45) is 0. The van der Waals surface area contributed by atoms with E-state index in [1.165, 1.54) is 23.1 Å². The summed E-state index contributed by atoms with van der Waals surface area (Å²) in [6.45, 7) is 0. The molecule has 0 aliphatic carbocycles. The lowest BCUT2D eigenvalue weighted by atomic mass is 10.2. The molecule has 0 atom stereocenters. The molecule has 0 fully saturated rings. The molecule has 0 aliphatic heterocycles. The lowest BCUT2D eigenvalue weighted by Gasteiger charge is -1.98. The summed E-state index contributed by atoms with van der Waals surface area (Å²) in [6, 6.07) is 9.98. The van der Waals surface area contributed by atoms with Crippen LogP contribution in [0.5, 0.6) is 0 Å². The number of nitrogens with one attached hydrogen (secondary N) is 1. The van der Waals surface area contributed by atoms with Crippen LogP contribution in [-0.4, -0.2) is 26.8 Å². The van der Waals surface area contributed by atoms with Gasteiger partial charge in [0.05, 0.1) is 11.4 Å². The number of rotatable bonds is 5. The number of carbonyl (C=O) groups excluding carboxylic acids is 1. The molecule has 0 radical (unpaired) electrons. The fourth-order valence-corrected chi connectivity index (χ4v) is 3.67. The van der Waals surface area contributed by atoms with Crippen molar-refractivity contribution in [2.75, 3.05) is 11.1 Å².